The van der Waals surface area contributed by atoms with Gasteiger partial charge in [0, 0.05) is 31.5 Å². The second-order valence-corrected chi connectivity index (χ2v) is 8.04. The van der Waals surface area contributed by atoms with E-state index < -0.39 is 11.2 Å². The minimum Gasteiger partial charge on any atom is -0.497 e. The quantitative estimate of drug-likeness (QED) is 0.443. The Morgan fingerprint density at radius 1 is 1.12 bits per heavy atom. The summed E-state index contributed by atoms with van der Waals surface area (Å²) < 4.78 is 12.4. The van der Waals surface area contributed by atoms with Crippen molar-refractivity contribution in [2.75, 3.05) is 24.3 Å². The highest BCUT2D eigenvalue weighted by Crippen LogP contribution is 2.25. The van der Waals surface area contributed by atoms with E-state index in [4.69, 9.17) is 14.9 Å². The van der Waals surface area contributed by atoms with Crippen LogP contribution in [0.5, 0.6) is 5.75 Å². The van der Waals surface area contributed by atoms with Gasteiger partial charge in [0.05, 0.1) is 7.11 Å². The summed E-state index contributed by atoms with van der Waals surface area (Å²) in [4.78, 5) is 41.7. The number of benzene rings is 1. The second kappa shape index (κ2) is 11.4. The lowest BCUT2D eigenvalue weighted by atomic mass is 10.1. The molecule has 2 heterocycles. The van der Waals surface area contributed by atoms with Gasteiger partial charge in [-0.15, -0.1) is 0 Å². The fraction of sp³-hybridized carbons (Fsp3) is 0.400. The number of nitrogens with zero attached hydrogens (tertiary/aromatic N) is 2. The largest absolute Gasteiger partial charge is 0.497 e. The van der Waals surface area contributed by atoms with E-state index in [2.05, 4.69) is 4.98 Å². The third kappa shape index (κ3) is 5.59. The Labute approximate surface area is 198 Å². The van der Waals surface area contributed by atoms with Gasteiger partial charge in [0.25, 0.3) is 5.56 Å². The van der Waals surface area contributed by atoms with Crippen molar-refractivity contribution in [3.63, 3.8) is 0 Å². The van der Waals surface area contributed by atoms with E-state index in [1.807, 2.05) is 50.2 Å². The van der Waals surface area contributed by atoms with Crippen molar-refractivity contribution < 1.29 is 13.9 Å². The lowest BCUT2D eigenvalue weighted by Crippen LogP contribution is -2.41. The van der Waals surface area contributed by atoms with Crippen LogP contribution in [-0.2, 0) is 17.8 Å². The number of aromatic amines is 1. The number of nitrogen functional groups attached to an aromatic ring is 1. The Balaban J connectivity index is 1.78. The van der Waals surface area contributed by atoms with E-state index in [0.29, 0.717) is 37.5 Å². The Morgan fingerprint density at radius 2 is 1.85 bits per heavy atom. The molecule has 3 aromatic rings. The molecule has 0 saturated carbocycles. The molecule has 3 rings (SSSR count). The van der Waals surface area contributed by atoms with E-state index in [1.54, 1.807) is 7.11 Å². The van der Waals surface area contributed by atoms with Crippen molar-refractivity contribution in [2.24, 2.45) is 0 Å². The normalized spacial score (nSPS) is 10.9. The second-order valence-electron chi connectivity index (χ2n) is 8.04. The number of carbonyl (C=O) groups is 1. The SMILES string of the molecule is CCCCn1c(N)c(N(CCC)C(=O)CCc2ccc(-c3ccc(OC)cc3)o2)c(=O)[nH]c1=O. The highest BCUT2D eigenvalue weighted by Gasteiger charge is 2.23. The number of aromatic nitrogens is 2. The maximum atomic E-state index is 13.1. The summed E-state index contributed by atoms with van der Waals surface area (Å²) in [6, 6.07) is 11.2. The van der Waals surface area contributed by atoms with Crippen LogP contribution in [0, 0.1) is 0 Å². The maximum Gasteiger partial charge on any atom is 0.330 e. The van der Waals surface area contributed by atoms with E-state index in [1.165, 1.54) is 9.47 Å². The minimum atomic E-state index is -0.656. The zero-order valence-corrected chi connectivity index (χ0v) is 19.9. The number of unbranched alkanes of at least 4 members (excludes halogenated alkanes) is 1. The van der Waals surface area contributed by atoms with Gasteiger partial charge >= 0.3 is 5.69 Å². The predicted octanol–water partition coefficient (Wildman–Crippen LogP) is 3.56. The number of amides is 1. The first kappa shape index (κ1) is 24.9. The molecule has 34 heavy (non-hydrogen) atoms. The summed E-state index contributed by atoms with van der Waals surface area (Å²) in [5, 5.41) is 0. The Morgan fingerprint density at radius 3 is 2.50 bits per heavy atom. The van der Waals surface area contributed by atoms with Crippen LogP contribution in [0.1, 0.15) is 45.3 Å². The zero-order chi connectivity index (χ0) is 24.7. The van der Waals surface area contributed by atoms with E-state index in [9.17, 15) is 14.4 Å². The Hall–Kier alpha value is -3.75. The van der Waals surface area contributed by atoms with Crippen LogP contribution in [-0.4, -0.2) is 29.1 Å². The molecule has 0 spiro atoms. The highest BCUT2D eigenvalue weighted by molar-refractivity contribution is 5.95. The average molecular weight is 469 g/mol. The molecule has 1 aromatic carbocycles. The summed E-state index contributed by atoms with van der Waals surface area (Å²) >= 11 is 0. The van der Waals surface area contributed by atoms with Gasteiger partial charge in [-0.05, 0) is 49.2 Å². The van der Waals surface area contributed by atoms with Gasteiger partial charge in [-0.25, -0.2) is 4.79 Å². The van der Waals surface area contributed by atoms with Gasteiger partial charge in [0.15, 0.2) is 5.69 Å². The number of ether oxygens (including phenoxy) is 1. The molecule has 0 atom stereocenters. The van der Waals surface area contributed by atoms with Crippen LogP contribution in [0.25, 0.3) is 11.3 Å². The van der Waals surface area contributed by atoms with Crippen molar-refractivity contribution in [2.45, 2.75) is 52.5 Å². The number of nitrogens with one attached hydrogen (secondary N) is 1. The summed E-state index contributed by atoms with van der Waals surface area (Å²) in [5.41, 5.74) is 5.92. The molecule has 182 valence electrons. The molecular weight excluding hydrogens is 436 g/mol. The van der Waals surface area contributed by atoms with E-state index >= 15 is 0 Å². The maximum absolute atomic E-state index is 13.1. The molecule has 0 radical (unpaired) electrons. The fourth-order valence-corrected chi connectivity index (χ4v) is 3.75. The smallest absolute Gasteiger partial charge is 0.330 e. The van der Waals surface area contributed by atoms with Crippen molar-refractivity contribution in [3.05, 3.63) is 63.0 Å². The van der Waals surface area contributed by atoms with Crippen LogP contribution in [0.2, 0.25) is 0 Å². The fourth-order valence-electron chi connectivity index (χ4n) is 3.75. The summed E-state index contributed by atoms with van der Waals surface area (Å²) in [6.45, 7) is 4.59. The van der Waals surface area contributed by atoms with Crippen LogP contribution in [0.15, 0.2) is 50.4 Å². The van der Waals surface area contributed by atoms with Gasteiger partial charge in [-0.2, -0.15) is 0 Å². The molecule has 3 N–H and O–H groups in total. The molecule has 9 nitrogen and oxygen atoms in total. The van der Waals surface area contributed by atoms with Crippen LogP contribution < -0.4 is 26.6 Å². The van der Waals surface area contributed by atoms with Crippen molar-refractivity contribution in [3.8, 4) is 17.1 Å². The molecule has 2 aromatic heterocycles. The number of carbonyl (C=O) groups excluding carboxylic acids is 1. The highest BCUT2D eigenvalue weighted by atomic mass is 16.5. The number of methoxy groups -OCH3 is 1. The zero-order valence-electron chi connectivity index (χ0n) is 19.9. The standard InChI is InChI=1S/C25H32N4O5/c1-4-6-16-29-23(26)22(24(31)27-25(29)32)28(15-5-2)21(30)14-12-19-11-13-20(34-19)17-7-9-18(33-3)10-8-17/h7-11,13H,4-6,12,14-16,26H2,1-3H3,(H,27,31,32). The van der Waals surface area contributed by atoms with Gasteiger partial charge < -0.3 is 19.8 Å². The first-order chi connectivity index (χ1) is 16.4. The Kier molecular flexibility index (Phi) is 8.34. The number of H-pyrrole nitrogens is 1. The molecule has 0 fully saturated rings. The van der Waals surface area contributed by atoms with Crippen LogP contribution in [0.3, 0.4) is 0 Å². The number of hydrogen-bond acceptors (Lipinski definition) is 6. The van der Waals surface area contributed by atoms with Gasteiger partial charge in [0.1, 0.15) is 23.1 Å². The third-order valence-corrected chi connectivity index (χ3v) is 5.59. The molecular formula is C25H32N4O5. The minimum absolute atomic E-state index is 0.0174. The average Bonchev–Trinajstić information content (AvgIpc) is 3.31. The lowest BCUT2D eigenvalue weighted by molar-refractivity contribution is -0.118. The van der Waals surface area contributed by atoms with E-state index in [-0.39, 0.29) is 23.8 Å². The van der Waals surface area contributed by atoms with Crippen molar-refractivity contribution >= 4 is 17.4 Å². The number of furan rings is 1. The van der Waals surface area contributed by atoms with Gasteiger partial charge in [-0.3, -0.25) is 19.1 Å². The molecule has 0 saturated heterocycles. The van der Waals surface area contributed by atoms with Crippen LogP contribution in [0.4, 0.5) is 11.5 Å². The number of rotatable bonds is 11. The predicted molar refractivity (Wildman–Crippen MR) is 132 cm³/mol. The van der Waals surface area contributed by atoms with Gasteiger partial charge in [0.2, 0.25) is 5.91 Å². The Bertz CT molecular complexity index is 1220. The third-order valence-electron chi connectivity index (χ3n) is 5.59. The topological polar surface area (TPSA) is 124 Å². The number of aryl methyl sites for hydroxylation is 1. The summed E-state index contributed by atoms with van der Waals surface area (Å²) in [6.07, 6.45) is 2.71. The number of nitrogens with two attached hydrogens (primary N) is 1. The molecule has 1 amide bonds. The molecule has 9 heteroatoms. The monoisotopic (exact) mass is 468 g/mol. The molecule has 0 bridgehead atoms. The van der Waals surface area contributed by atoms with Crippen molar-refractivity contribution in [1.29, 1.82) is 0 Å². The van der Waals surface area contributed by atoms with E-state index in [0.717, 1.165) is 24.2 Å². The first-order valence-electron chi connectivity index (χ1n) is 11.6. The molecule has 0 aliphatic carbocycles. The molecule has 0 unspecified atom stereocenters. The van der Waals surface area contributed by atoms with Crippen LogP contribution >= 0.6 is 0 Å². The molecule has 0 aliphatic heterocycles. The first-order valence-corrected chi connectivity index (χ1v) is 11.6. The van der Waals surface area contributed by atoms with Gasteiger partial charge in [-0.1, -0.05) is 20.3 Å². The molecule has 0 aliphatic rings. The number of anilines is 2. The number of hydrogen-bond donors (Lipinski definition) is 2. The lowest BCUT2D eigenvalue weighted by Gasteiger charge is -2.24. The summed E-state index contributed by atoms with van der Waals surface area (Å²) in [5.74, 6) is 1.86. The summed E-state index contributed by atoms with van der Waals surface area (Å²) in [7, 11) is 1.61. The van der Waals surface area contributed by atoms with Crippen molar-refractivity contribution in [1.82, 2.24) is 9.55 Å².